The smallest absolute Gasteiger partial charge is 0.255 e. The van der Waals surface area contributed by atoms with Crippen molar-refractivity contribution in [2.75, 3.05) is 0 Å². The predicted octanol–water partition coefficient (Wildman–Crippen LogP) is 4.16. The summed E-state index contributed by atoms with van der Waals surface area (Å²) in [6.45, 7) is 1.90. The average Bonchev–Trinajstić information content (AvgIpc) is 2.24. The second-order valence-electron chi connectivity index (χ2n) is 3.79. The van der Waals surface area contributed by atoms with Crippen LogP contribution >= 0.6 is 0 Å². The molecule has 1 nitrogen and oxygen atoms in total. The average molecular weight is 248 g/mol. The van der Waals surface area contributed by atoms with Crippen LogP contribution < -0.4 is 0 Å². The molecule has 0 atom stereocenters. The lowest BCUT2D eigenvalue weighted by Gasteiger charge is -2.10. The van der Waals surface area contributed by atoms with Crippen LogP contribution in [0.15, 0.2) is 18.2 Å². The van der Waals surface area contributed by atoms with Gasteiger partial charge in [0.05, 0.1) is 11.1 Å². The Morgan fingerprint density at radius 3 is 2.35 bits per heavy atom. The lowest BCUT2D eigenvalue weighted by atomic mass is 10.0. The Morgan fingerprint density at radius 1 is 1.24 bits per heavy atom. The van der Waals surface area contributed by atoms with Gasteiger partial charge in [-0.3, -0.25) is 4.79 Å². The molecular weight excluding hydrogens is 236 g/mol. The first-order valence-electron chi connectivity index (χ1n) is 5.25. The van der Waals surface area contributed by atoms with Gasteiger partial charge >= 0.3 is 12.2 Å². The Morgan fingerprint density at radius 2 is 1.88 bits per heavy atom. The summed E-state index contributed by atoms with van der Waals surface area (Å²) in [5, 5.41) is 0. The van der Waals surface area contributed by atoms with Crippen molar-refractivity contribution in [1.82, 2.24) is 0 Å². The molecule has 0 aliphatic carbocycles. The minimum atomic E-state index is -4.56. The van der Waals surface area contributed by atoms with Crippen molar-refractivity contribution in [3.8, 4) is 0 Å². The van der Waals surface area contributed by atoms with Gasteiger partial charge in [-0.1, -0.05) is 13.3 Å². The molecule has 5 heteroatoms. The van der Waals surface area contributed by atoms with Gasteiger partial charge in [0, 0.05) is 0 Å². The lowest BCUT2D eigenvalue weighted by Crippen LogP contribution is -2.08. The maximum absolute atomic E-state index is 12.5. The van der Waals surface area contributed by atoms with Crippen molar-refractivity contribution in [2.45, 2.75) is 32.4 Å². The van der Waals surface area contributed by atoms with E-state index in [2.05, 4.69) is 0 Å². The summed E-state index contributed by atoms with van der Waals surface area (Å²) in [4.78, 5) is 10.5. The Hall–Kier alpha value is -1.39. The van der Waals surface area contributed by atoms with Crippen LogP contribution in [0.2, 0.25) is 0 Å². The molecule has 0 N–H and O–H groups in total. The Balaban J connectivity index is 3.14. The molecule has 0 saturated carbocycles. The normalized spacial score (nSPS) is 11.6. The molecule has 0 aliphatic rings. The largest absolute Gasteiger partial charge is 0.416 e. The van der Waals surface area contributed by atoms with Gasteiger partial charge in [-0.2, -0.15) is 17.6 Å². The first-order valence-corrected chi connectivity index (χ1v) is 5.25. The molecule has 0 amide bonds. The predicted molar refractivity (Wildman–Crippen MR) is 55.5 cm³/mol. The van der Waals surface area contributed by atoms with Gasteiger partial charge in [-0.25, -0.2) is 0 Å². The minimum Gasteiger partial charge on any atom is -0.255 e. The third-order valence-corrected chi connectivity index (χ3v) is 2.37. The fourth-order valence-electron chi connectivity index (χ4n) is 1.49. The Labute approximate surface area is 96.4 Å². The summed E-state index contributed by atoms with van der Waals surface area (Å²) in [5.74, 6) is 0. The quantitative estimate of drug-likeness (QED) is 0.577. The van der Waals surface area contributed by atoms with Crippen LogP contribution in [0.5, 0.6) is 0 Å². The van der Waals surface area contributed by atoms with Gasteiger partial charge in [0.1, 0.15) is 0 Å². The number of benzene rings is 1. The molecular formula is C12H12F4O. The van der Waals surface area contributed by atoms with Crippen molar-refractivity contribution in [2.24, 2.45) is 0 Å². The monoisotopic (exact) mass is 248 g/mol. The summed E-state index contributed by atoms with van der Waals surface area (Å²) >= 11 is 0. The number of hydrogen-bond acceptors (Lipinski definition) is 1. The standard InChI is InChI=1S/C12H12F4O/c1-2-3-4-8-5-9(11(13)17)7-10(6-8)12(14,15)16/h5-7H,2-4H2,1H3. The van der Waals surface area contributed by atoms with Crippen LogP contribution in [-0.4, -0.2) is 6.04 Å². The molecule has 0 aromatic heterocycles. The lowest BCUT2D eigenvalue weighted by molar-refractivity contribution is -0.137. The first-order chi connectivity index (χ1) is 7.84. The number of carbonyl (C=O) groups excluding carboxylic acids is 1. The van der Waals surface area contributed by atoms with Crippen LogP contribution in [0.1, 0.15) is 41.3 Å². The van der Waals surface area contributed by atoms with Gasteiger partial charge in [0.15, 0.2) is 0 Å². The van der Waals surface area contributed by atoms with E-state index in [-0.39, 0.29) is 0 Å². The van der Waals surface area contributed by atoms with Gasteiger partial charge in [0.2, 0.25) is 0 Å². The van der Waals surface area contributed by atoms with Gasteiger partial charge < -0.3 is 0 Å². The molecule has 1 aromatic rings. The highest BCUT2D eigenvalue weighted by atomic mass is 19.4. The molecule has 1 aromatic carbocycles. The van der Waals surface area contributed by atoms with Crippen molar-refractivity contribution in [3.63, 3.8) is 0 Å². The summed E-state index contributed by atoms with van der Waals surface area (Å²) in [6.07, 6.45) is -2.65. The van der Waals surface area contributed by atoms with E-state index in [1.165, 1.54) is 6.07 Å². The molecule has 1 rings (SSSR count). The van der Waals surface area contributed by atoms with E-state index in [9.17, 15) is 22.4 Å². The Kier molecular flexibility index (Phi) is 4.26. The van der Waals surface area contributed by atoms with E-state index in [0.717, 1.165) is 12.5 Å². The van der Waals surface area contributed by atoms with E-state index in [1.54, 1.807) is 0 Å². The molecule has 0 bridgehead atoms. The highest BCUT2D eigenvalue weighted by Crippen LogP contribution is 2.31. The Bertz CT molecular complexity index is 409. The van der Waals surface area contributed by atoms with Crippen molar-refractivity contribution < 1.29 is 22.4 Å². The third-order valence-electron chi connectivity index (χ3n) is 2.37. The molecule has 0 spiro atoms. The van der Waals surface area contributed by atoms with Crippen molar-refractivity contribution in [3.05, 3.63) is 34.9 Å². The number of aryl methyl sites for hydroxylation is 1. The highest BCUT2D eigenvalue weighted by Gasteiger charge is 2.31. The number of unbranched alkanes of at least 4 members (excludes halogenated alkanes) is 1. The molecule has 0 unspecified atom stereocenters. The van der Waals surface area contributed by atoms with Crippen LogP contribution in [-0.2, 0) is 12.6 Å². The van der Waals surface area contributed by atoms with Gasteiger partial charge in [-0.05, 0) is 36.6 Å². The zero-order valence-corrected chi connectivity index (χ0v) is 9.27. The van der Waals surface area contributed by atoms with E-state index in [0.29, 0.717) is 24.5 Å². The van der Waals surface area contributed by atoms with E-state index in [1.807, 2.05) is 6.92 Å². The molecule has 0 fully saturated rings. The number of hydrogen-bond donors (Lipinski definition) is 0. The SMILES string of the molecule is CCCCc1cc(C(=O)F)cc(C(F)(F)F)c1. The van der Waals surface area contributed by atoms with Crippen molar-refractivity contribution in [1.29, 1.82) is 0 Å². The summed E-state index contributed by atoms with van der Waals surface area (Å²) in [7, 11) is 0. The van der Waals surface area contributed by atoms with Crippen LogP contribution in [0.25, 0.3) is 0 Å². The second-order valence-corrected chi connectivity index (χ2v) is 3.79. The topological polar surface area (TPSA) is 17.1 Å². The highest BCUT2D eigenvalue weighted by molar-refractivity contribution is 5.88. The van der Waals surface area contributed by atoms with Crippen LogP contribution in [0, 0.1) is 0 Å². The fraction of sp³-hybridized carbons (Fsp3) is 0.417. The zero-order chi connectivity index (χ0) is 13.1. The molecule has 0 radical (unpaired) electrons. The number of carbonyl (C=O) groups is 1. The maximum atomic E-state index is 12.5. The van der Waals surface area contributed by atoms with Crippen LogP contribution in [0.3, 0.4) is 0 Å². The molecule has 0 heterocycles. The van der Waals surface area contributed by atoms with Crippen molar-refractivity contribution >= 4 is 6.04 Å². The van der Waals surface area contributed by atoms with Gasteiger partial charge in [0.25, 0.3) is 0 Å². The van der Waals surface area contributed by atoms with E-state index in [4.69, 9.17) is 0 Å². The third kappa shape index (κ3) is 3.84. The molecule has 17 heavy (non-hydrogen) atoms. The van der Waals surface area contributed by atoms with E-state index < -0.39 is 23.3 Å². The summed E-state index contributed by atoms with van der Waals surface area (Å²) in [6, 6.07) is 0.835. The molecule has 0 saturated heterocycles. The maximum Gasteiger partial charge on any atom is 0.416 e. The van der Waals surface area contributed by atoms with E-state index >= 15 is 0 Å². The number of rotatable bonds is 4. The molecule has 94 valence electrons. The zero-order valence-electron chi connectivity index (χ0n) is 9.27. The summed E-state index contributed by atoms with van der Waals surface area (Å²) < 4.78 is 50.0. The molecule has 0 aliphatic heterocycles. The van der Waals surface area contributed by atoms with Gasteiger partial charge in [-0.15, -0.1) is 0 Å². The summed E-state index contributed by atoms with van der Waals surface area (Å²) in [5.41, 5.74) is -1.18. The second kappa shape index (κ2) is 5.29. The number of alkyl halides is 3. The first kappa shape index (κ1) is 13.7. The van der Waals surface area contributed by atoms with Crippen LogP contribution in [0.4, 0.5) is 17.6 Å². The number of halogens is 4. The minimum absolute atomic E-state index is 0.336. The fourth-order valence-corrected chi connectivity index (χ4v) is 1.49.